The maximum Gasteiger partial charge on any atom is 0.274 e. The van der Waals surface area contributed by atoms with Crippen LogP contribution in [0.25, 0.3) is 0 Å². The van der Waals surface area contributed by atoms with E-state index in [1.54, 1.807) is 12.4 Å². The van der Waals surface area contributed by atoms with E-state index in [0.717, 1.165) is 25.1 Å². The Morgan fingerprint density at radius 3 is 3.00 bits per heavy atom. The molecule has 0 aliphatic carbocycles. The molecule has 3 atom stereocenters. The molecule has 0 bridgehead atoms. The van der Waals surface area contributed by atoms with Gasteiger partial charge in [-0.25, -0.2) is 4.98 Å². The van der Waals surface area contributed by atoms with Crippen molar-refractivity contribution in [3.8, 4) is 0 Å². The summed E-state index contributed by atoms with van der Waals surface area (Å²) in [4.78, 5) is 22.5. The molecule has 0 radical (unpaired) electrons. The number of hydrogen-bond acceptors (Lipinski definition) is 4. The molecule has 0 spiro atoms. The standard InChI is InChI=1S/C14H19N3O2/c1-9-6-16-12(7-15-9)14(18)17-4-3-11-5-10(2)19-13(11)8-17/h6-7,10-11,13H,3-5,8H2,1-2H3/t10-,11+,13-/m1/s1. The Hall–Kier alpha value is -1.49. The molecule has 0 saturated carbocycles. The number of piperidine rings is 1. The molecule has 3 rings (SSSR count). The Morgan fingerprint density at radius 2 is 2.26 bits per heavy atom. The summed E-state index contributed by atoms with van der Waals surface area (Å²) in [6, 6.07) is 0. The largest absolute Gasteiger partial charge is 0.373 e. The summed E-state index contributed by atoms with van der Waals surface area (Å²) in [6.45, 7) is 5.45. The van der Waals surface area contributed by atoms with Gasteiger partial charge >= 0.3 is 0 Å². The monoisotopic (exact) mass is 261 g/mol. The second kappa shape index (κ2) is 4.89. The first-order valence-electron chi connectivity index (χ1n) is 6.87. The van der Waals surface area contributed by atoms with Crippen LogP contribution in [-0.4, -0.2) is 46.1 Å². The highest BCUT2D eigenvalue weighted by Gasteiger charge is 2.38. The van der Waals surface area contributed by atoms with Crippen LogP contribution in [0.2, 0.25) is 0 Å². The highest BCUT2D eigenvalue weighted by atomic mass is 16.5. The number of fused-ring (bicyclic) bond motifs is 1. The molecule has 2 aliphatic rings. The number of likely N-dealkylation sites (tertiary alicyclic amines) is 1. The molecule has 2 saturated heterocycles. The molecule has 102 valence electrons. The molecule has 3 heterocycles. The molecule has 5 nitrogen and oxygen atoms in total. The SMILES string of the molecule is Cc1cnc(C(=O)N2CC[C@H]3C[C@@H](C)O[C@@H]3C2)cn1. The third-order valence-electron chi connectivity index (χ3n) is 4.02. The average Bonchev–Trinajstić information content (AvgIpc) is 2.77. The molecule has 19 heavy (non-hydrogen) atoms. The summed E-state index contributed by atoms with van der Waals surface area (Å²) in [5.74, 6) is 0.581. The number of amides is 1. The van der Waals surface area contributed by atoms with Crippen LogP contribution in [0.3, 0.4) is 0 Å². The smallest absolute Gasteiger partial charge is 0.274 e. The molecule has 1 aromatic heterocycles. The lowest BCUT2D eigenvalue weighted by Crippen LogP contribution is -2.45. The van der Waals surface area contributed by atoms with Gasteiger partial charge < -0.3 is 9.64 Å². The Bertz CT molecular complexity index is 474. The first-order valence-corrected chi connectivity index (χ1v) is 6.87. The first kappa shape index (κ1) is 12.5. The van der Waals surface area contributed by atoms with E-state index >= 15 is 0 Å². The van der Waals surface area contributed by atoms with Crippen LogP contribution >= 0.6 is 0 Å². The highest BCUT2D eigenvalue weighted by Crippen LogP contribution is 2.33. The Morgan fingerprint density at radius 1 is 1.42 bits per heavy atom. The van der Waals surface area contributed by atoms with Gasteiger partial charge in [0.2, 0.25) is 0 Å². The van der Waals surface area contributed by atoms with Crippen LogP contribution in [0.4, 0.5) is 0 Å². The third kappa shape index (κ3) is 2.47. The van der Waals surface area contributed by atoms with Gasteiger partial charge in [0.15, 0.2) is 0 Å². The van der Waals surface area contributed by atoms with Gasteiger partial charge in [-0.15, -0.1) is 0 Å². The predicted octanol–water partition coefficient (Wildman–Crippen LogP) is 1.42. The van der Waals surface area contributed by atoms with E-state index in [1.807, 2.05) is 11.8 Å². The van der Waals surface area contributed by atoms with Gasteiger partial charge in [-0.3, -0.25) is 9.78 Å². The van der Waals surface area contributed by atoms with Gasteiger partial charge in [0, 0.05) is 19.3 Å². The summed E-state index contributed by atoms with van der Waals surface area (Å²) < 4.78 is 5.87. The molecule has 0 N–H and O–H groups in total. The van der Waals surface area contributed by atoms with E-state index in [9.17, 15) is 4.79 Å². The van der Waals surface area contributed by atoms with Crippen molar-refractivity contribution < 1.29 is 9.53 Å². The van der Waals surface area contributed by atoms with Crippen molar-refractivity contribution in [1.82, 2.24) is 14.9 Å². The van der Waals surface area contributed by atoms with Crippen LogP contribution in [0, 0.1) is 12.8 Å². The zero-order valence-corrected chi connectivity index (χ0v) is 11.4. The number of carbonyl (C=O) groups is 1. The fourth-order valence-electron chi connectivity index (χ4n) is 3.02. The number of aromatic nitrogens is 2. The molecule has 5 heteroatoms. The second-order valence-corrected chi connectivity index (χ2v) is 5.56. The lowest BCUT2D eigenvalue weighted by Gasteiger charge is -2.33. The van der Waals surface area contributed by atoms with Crippen LogP contribution in [0.15, 0.2) is 12.4 Å². The maximum absolute atomic E-state index is 12.3. The second-order valence-electron chi connectivity index (χ2n) is 5.56. The van der Waals surface area contributed by atoms with Crippen LogP contribution in [0.5, 0.6) is 0 Å². The van der Waals surface area contributed by atoms with Crippen molar-refractivity contribution in [2.24, 2.45) is 5.92 Å². The van der Waals surface area contributed by atoms with E-state index in [2.05, 4.69) is 16.9 Å². The normalized spacial score (nSPS) is 30.2. The van der Waals surface area contributed by atoms with Gasteiger partial charge in [-0.05, 0) is 32.6 Å². The molecular weight excluding hydrogens is 242 g/mol. The van der Waals surface area contributed by atoms with Gasteiger partial charge in [-0.2, -0.15) is 0 Å². The minimum atomic E-state index is -0.0332. The van der Waals surface area contributed by atoms with Gasteiger partial charge in [0.1, 0.15) is 5.69 Å². The molecule has 2 aliphatic heterocycles. The van der Waals surface area contributed by atoms with Crippen LogP contribution in [0.1, 0.15) is 35.9 Å². The van der Waals surface area contributed by atoms with E-state index in [1.165, 1.54) is 0 Å². The summed E-state index contributed by atoms with van der Waals surface area (Å²) >= 11 is 0. The van der Waals surface area contributed by atoms with E-state index < -0.39 is 0 Å². The van der Waals surface area contributed by atoms with Crippen molar-refractivity contribution in [1.29, 1.82) is 0 Å². The summed E-state index contributed by atoms with van der Waals surface area (Å²) in [6.07, 6.45) is 5.86. The highest BCUT2D eigenvalue weighted by molar-refractivity contribution is 5.92. The molecule has 0 unspecified atom stereocenters. The van der Waals surface area contributed by atoms with Crippen molar-refractivity contribution in [3.63, 3.8) is 0 Å². The fraction of sp³-hybridized carbons (Fsp3) is 0.643. The number of aryl methyl sites for hydroxylation is 1. The minimum Gasteiger partial charge on any atom is -0.373 e. The van der Waals surface area contributed by atoms with Crippen molar-refractivity contribution in [3.05, 3.63) is 23.8 Å². The van der Waals surface area contributed by atoms with Crippen molar-refractivity contribution in [2.45, 2.75) is 38.9 Å². The lowest BCUT2D eigenvalue weighted by atomic mass is 9.92. The molecule has 1 aromatic rings. The number of ether oxygens (including phenoxy) is 1. The zero-order valence-electron chi connectivity index (χ0n) is 11.4. The third-order valence-corrected chi connectivity index (χ3v) is 4.02. The quantitative estimate of drug-likeness (QED) is 0.767. The summed E-state index contributed by atoms with van der Waals surface area (Å²) in [5.41, 5.74) is 1.25. The number of nitrogens with zero attached hydrogens (tertiary/aromatic N) is 3. The van der Waals surface area contributed by atoms with E-state index in [-0.39, 0.29) is 12.0 Å². The Balaban J connectivity index is 1.70. The zero-order chi connectivity index (χ0) is 13.4. The Kier molecular flexibility index (Phi) is 3.22. The molecule has 2 fully saturated rings. The Labute approximate surface area is 113 Å². The van der Waals surface area contributed by atoms with Crippen LogP contribution in [-0.2, 0) is 4.74 Å². The topological polar surface area (TPSA) is 55.3 Å². The van der Waals surface area contributed by atoms with Gasteiger partial charge in [0.25, 0.3) is 5.91 Å². The average molecular weight is 261 g/mol. The molecule has 0 aromatic carbocycles. The predicted molar refractivity (Wildman–Crippen MR) is 69.7 cm³/mol. The minimum absolute atomic E-state index is 0.0332. The maximum atomic E-state index is 12.3. The van der Waals surface area contributed by atoms with Gasteiger partial charge in [-0.1, -0.05) is 0 Å². The van der Waals surface area contributed by atoms with Crippen molar-refractivity contribution in [2.75, 3.05) is 13.1 Å². The first-order chi connectivity index (χ1) is 9.13. The van der Waals surface area contributed by atoms with E-state index in [4.69, 9.17) is 4.74 Å². The van der Waals surface area contributed by atoms with Gasteiger partial charge in [0.05, 0.1) is 24.1 Å². The van der Waals surface area contributed by atoms with Crippen molar-refractivity contribution >= 4 is 5.91 Å². The number of hydrogen-bond donors (Lipinski definition) is 0. The van der Waals surface area contributed by atoms with E-state index in [0.29, 0.717) is 24.3 Å². The molecule has 1 amide bonds. The molecular formula is C14H19N3O2. The number of carbonyl (C=O) groups excluding carboxylic acids is 1. The lowest BCUT2D eigenvalue weighted by molar-refractivity contribution is 0.00136. The number of rotatable bonds is 1. The summed E-state index contributed by atoms with van der Waals surface area (Å²) in [7, 11) is 0. The summed E-state index contributed by atoms with van der Waals surface area (Å²) in [5, 5.41) is 0. The fourth-order valence-corrected chi connectivity index (χ4v) is 3.02. The van der Waals surface area contributed by atoms with Crippen LogP contribution < -0.4 is 0 Å².